The number of ketones is 1. The van der Waals surface area contributed by atoms with Crippen LogP contribution in [-0.2, 0) is 4.79 Å². The van der Waals surface area contributed by atoms with Crippen LogP contribution in [0.2, 0.25) is 0 Å². The summed E-state index contributed by atoms with van der Waals surface area (Å²) < 4.78 is 56.8. The van der Waals surface area contributed by atoms with Gasteiger partial charge in [-0.2, -0.15) is 13.2 Å². The monoisotopic (exact) mass is 360 g/mol. The van der Waals surface area contributed by atoms with Crippen LogP contribution >= 0.6 is 0 Å². The van der Waals surface area contributed by atoms with E-state index >= 15 is 4.39 Å². The van der Waals surface area contributed by atoms with Crippen LogP contribution in [0.1, 0.15) is 45.4 Å². The van der Waals surface area contributed by atoms with Crippen molar-refractivity contribution < 1.29 is 27.5 Å². The Labute approximate surface area is 144 Å². The zero-order valence-corrected chi connectivity index (χ0v) is 14.2. The van der Waals surface area contributed by atoms with Crippen LogP contribution in [0.3, 0.4) is 0 Å². The maximum atomic E-state index is 15.2. The van der Waals surface area contributed by atoms with Gasteiger partial charge in [-0.1, -0.05) is 12.5 Å². The molecule has 1 N–H and O–H groups in total. The summed E-state index contributed by atoms with van der Waals surface area (Å²) in [6, 6.07) is 0. The molecule has 140 valence electrons. The molecular weight excluding hydrogens is 336 g/mol. The minimum Gasteiger partial charge on any atom is -0.393 e. The Morgan fingerprint density at radius 2 is 1.92 bits per heavy atom. The first-order chi connectivity index (χ1) is 11.6. The van der Waals surface area contributed by atoms with Crippen molar-refractivity contribution in [3.05, 3.63) is 11.6 Å². The number of hydrogen-bond donors (Lipinski definition) is 1. The highest BCUT2D eigenvalue weighted by molar-refractivity contribution is 5.91. The van der Waals surface area contributed by atoms with E-state index < -0.39 is 41.6 Å². The molecule has 4 aliphatic carbocycles. The normalized spacial score (nSPS) is 49.9. The summed E-state index contributed by atoms with van der Waals surface area (Å²) in [5.41, 5.74) is -0.264. The molecule has 0 unspecified atom stereocenters. The van der Waals surface area contributed by atoms with Crippen LogP contribution in [0.25, 0.3) is 0 Å². The number of aliphatic hydroxyl groups is 1. The van der Waals surface area contributed by atoms with E-state index in [1.165, 1.54) is 6.08 Å². The van der Waals surface area contributed by atoms with Crippen molar-refractivity contribution in [3.8, 4) is 0 Å². The molecule has 8 atom stereocenters. The third-order valence-corrected chi connectivity index (χ3v) is 7.65. The Morgan fingerprint density at radius 1 is 1.20 bits per heavy atom. The van der Waals surface area contributed by atoms with Crippen molar-refractivity contribution in [1.82, 2.24) is 0 Å². The van der Waals surface area contributed by atoms with Crippen LogP contribution < -0.4 is 0 Å². The number of fused-ring (bicyclic) bond motifs is 5. The van der Waals surface area contributed by atoms with Crippen molar-refractivity contribution in [1.29, 1.82) is 0 Å². The first-order valence-electron chi connectivity index (χ1n) is 9.25. The highest BCUT2D eigenvalue weighted by atomic mass is 19.4. The summed E-state index contributed by atoms with van der Waals surface area (Å²) >= 11 is 0. The molecule has 0 bridgehead atoms. The van der Waals surface area contributed by atoms with Crippen LogP contribution in [-0.4, -0.2) is 29.3 Å². The van der Waals surface area contributed by atoms with Gasteiger partial charge in [0.25, 0.3) is 0 Å². The molecular formula is C19H24F4O2. The Kier molecular flexibility index (Phi) is 3.88. The average molecular weight is 360 g/mol. The van der Waals surface area contributed by atoms with E-state index in [2.05, 4.69) is 0 Å². The van der Waals surface area contributed by atoms with Gasteiger partial charge in [-0.05, 0) is 61.3 Å². The van der Waals surface area contributed by atoms with Crippen LogP contribution in [0.15, 0.2) is 11.6 Å². The molecule has 0 radical (unpaired) electrons. The maximum absolute atomic E-state index is 15.2. The molecule has 0 amide bonds. The third-order valence-electron chi connectivity index (χ3n) is 7.65. The van der Waals surface area contributed by atoms with Gasteiger partial charge in [0, 0.05) is 12.3 Å². The molecule has 0 heterocycles. The Bertz CT molecular complexity index is 613. The van der Waals surface area contributed by atoms with Gasteiger partial charge in [-0.25, -0.2) is 4.39 Å². The largest absolute Gasteiger partial charge is 0.393 e. The zero-order valence-electron chi connectivity index (χ0n) is 14.2. The van der Waals surface area contributed by atoms with E-state index in [-0.39, 0.29) is 30.5 Å². The quantitative estimate of drug-likeness (QED) is 0.657. The minimum absolute atomic E-state index is 0.127. The van der Waals surface area contributed by atoms with Crippen molar-refractivity contribution >= 4 is 5.78 Å². The molecule has 3 saturated carbocycles. The number of rotatable bonds is 0. The van der Waals surface area contributed by atoms with Crippen molar-refractivity contribution in [2.75, 3.05) is 0 Å². The van der Waals surface area contributed by atoms with E-state index in [4.69, 9.17) is 0 Å². The zero-order chi connectivity index (χ0) is 18.1. The molecule has 6 heteroatoms. The fraction of sp³-hybridized carbons (Fsp3) is 0.842. The summed E-state index contributed by atoms with van der Waals surface area (Å²) in [6.45, 7) is 1.77. The van der Waals surface area contributed by atoms with Gasteiger partial charge in [0.2, 0.25) is 0 Å². The number of halogens is 4. The van der Waals surface area contributed by atoms with Crippen LogP contribution in [0.5, 0.6) is 0 Å². The molecule has 0 saturated heterocycles. The number of carbonyl (C=O) groups is 1. The second-order valence-corrected chi connectivity index (χ2v) is 8.76. The molecule has 4 rings (SSSR count). The lowest BCUT2D eigenvalue weighted by Crippen LogP contribution is -2.57. The first kappa shape index (κ1) is 17.5. The second kappa shape index (κ2) is 5.54. The maximum Gasteiger partial charge on any atom is 0.392 e. The standard InChI is InChI=1S/C19H24F4O2/c1-18-8-14(20)16-11-3-2-10(24)6-9(11)7-13(19(21,22)23)17(16)12(18)4-5-15(18)25/h6,11-17,25H,2-5,7-8H2,1H3/t11-,12-,13+,14-,15-,16-,17+,18-/m0/s1. The molecule has 0 aromatic rings. The van der Waals surface area contributed by atoms with Gasteiger partial charge in [0.1, 0.15) is 6.17 Å². The van der Waals surface area contributed by atoms with Gasteiger partial charge < -0.3 is 5.11 Å². The highest BCUT2D eigenvalue weighted by Gasteiger charge is 2.65. The summed E-state index contributed by atoms with van der Waals surface area (Å²) in [5.74, 6) is -3.77. The summed E-state index contributed by atoms with van der Waals surface area (Å²) in [4.78, 5) is 11.7. The van der Waals surface area contributed by atoms with E-state index in [1.807, 2.05) is 0 Å². The average Bonchev–Trinajstić information content (AvgIpc) is 2.80. The fourth-order valence-electron chi connectivity index (χ4n) is 6.54. The van der Waals surface area contributed by atoms with Gasteiger partial charge in [-0.3, -0.25) is 4.79 Å². The summed E-state index contributed by atoms with van der Waals surface area (Å²) in [5, 5.41) is 10.3. The molecule has 3 fully saturated rings. The number of allylic oxidation sites excluding steroid dienone is 1. The van der Waals surface area contributed by atoms with Crippen molar-refractivity contribution in [2.24, 2.45) is 35.0 Å². The van der Waals surface area contributed by atoms with Gasteiger partial charge >= 0.3 is 6.18 Å². The smallest absolute Gasteiger partial charge is 0.392 e. The lowest BCUT2D eigenvalue weighted by Gasteiger charge is -2.57. The predicted molar refractivity (Wildman–Crippen MR) is 83.3 cm³/mol. The predicted octanol–water partition coefficient (Wildman–Crippen LogP) is 4.23. The fourth-order valence-corrected chi connectivity index (χ4v) is 6.54. The summed E-state index contributed by atoms with van der Waals surface area (Å²) in [6.07, 6.45) is -3.46. The minimum atomic E-state index is -4.42. The molecule has 4 aliphatic rings. The lowest BCUT2D eigenvalue weighted by atomic mass is 9.48. The van der Waals surface area contributed by atoms with Crippen molar-refractivity contribution in [3.63, 3.8) is 0 Å². The molecule has 2 nitrogen and oxygen atoms in total. The van der Waals surface area contributed by atoms with Gasteiger partial charge in [0.05, 0.1) is 12.0 Å². The van der Waals surface area contributed by atoms with E-state index in [9.17, 15) is 23.1 Å². The highest BCUT2D eigenvalue weighted by Crippen LogP contribution is 2.65. The van der Waals surface area contributed by atoms with Crippen LogP contribution in [0.4, 0.5) is 17.6 Å². The topological polar surface area (TPSA) is 37.3 Å². The van der Waals surface area contributed by atoms with Crippen molar-refractivity contribution in [2.45, 2.75) is 63.9 Å². The molecule has 25 heavy (non-hydrogen) atoms. The lowest BCUT2D eigenvalue weighted by molar-refractivity contribution is -0.229. The van der Waals surface area contributed by atoms with E-state index in [0.717, 1.165) is 0 Å². The van der Waals surface area contributed by atoms with E-state index in [0.29, 0.717) is 31.3 Å². The van der Waals surface area contributed by atoms with E-state index in [1.54, 1.807) is 6.92 Å². The number of hydrogen-bond acceptors (Lipinski definition) is 2. The Hall–Kier alpha value is -0.910. The SMILES string of the molecule is C[C@]12C[C@H](F)[C@H]3[C@@H]([C@H](C(F)(F)F)CC4=CC(=O)CC[C@@H]43)[C@@H]1CC[C@@H]2O. The summed E-state index contributed by atoms with van der Waals surface area (Å²) in [7, 11) is 0. The van der Waals surface area contributed by atoms with Gasteiger partial charge in [0.15, 0.2) is 5.78 Å². The Balaban J connectivity index is 1.80. The first-order valence-corrected chi connectivity index (χ1v) is 9.25. The molecule has 0 aromatic heterocycles. The number of alkyl halides is 4. The molecule has 0 aliphatic heterocycles. The number of carbonyl (C=O) groups excluding carboxylic acids is 1. The number of aliphatic hydroxyl groups excluding tert-OH is 1. The molecule has 0 spiro atoms. The third kappa shape index (κ3) is 2.50. The van der Waals surface area contributed by atoms with Gasteiger partial charge in [-0.15, -0.1) is 0 Å². The Morgan fingerprint density at radius 3 is 2.60 bits per heavy atom. The second-order valence-electron chi connectivity index (χ2n) is 8.76. The molecule has 0 aromatic carbocycles. The van der Waals surface area contributed by atoms with Crippen LogP contribution in [0, 0.1) is 35.0 Å².